The number of amides is 3. The molecule has 3 amide bonds. The first-order valence-corrected chi connectivity index (χ1v) is 8.41. The van der Waals surface area contributed by atoms with Crippen LogP contribution >= 0.6 is 0 Å². The molecule has 0 atom stereocenters. The molecule has 0 spiro atoms. The summed E-state index contributed by atoms with van der Waals surface area (Å²) < 4.78 is 5.19. The Hall–Kier alpha value is -3.15. The molecule has 6 heteroatoms. The summed E-state index contributed by atoms with van der Waals surface area (Å²) >= 11 is 0. The van der Waals surface area contributed by atoms with Crippen LogP contribution < -0.4 is 10.1 Å². The van der Waals surface area contributed by atoms with Gasteiger partial charge in [0, 0.05) is 13.0 Å². The van der Waals surface area contributed by atoms with Crippen LogP contribution in [0.1, 0.15) is 39.1 Å². The van der Waals surface area contributed by atoms with Crippen molar-refractivity contribution in [3.63, 3.8) is 0 Å². The highest BCUT2D eigenvalue weighted by Crippen LogP contribution is 2.25. The van der Waals surface area contributed by atoms with Crippen molar-refractivity contribution in [2.75, 3.05) is 19.0 Å². The smallest absolute Gasteiger partial charge is 0.261 e. The lowest BCUT2D eigenvalue weighted by molar-refractivity contribution is -0.116. The van der Waals surface area contributed by atoms with Crippen LogP contribution in [0.5, 0.6) is 5.75 Å². The predicted octanol–water partition coefficient (Wildman–Crippen LogP) is 3.02. The number of fused-ring (bicyclic) bond motifs is 1. The molecule has 0 saturated heterocycles. The minimum atomic E-state index is -0.296. The summed E-state index contributed by atoms with van der Waals surface area (Å²) in [5.41, 5.74) is 2.40. The molecule has 0 bridgehead atoms. The first kappa shape index (κ1) is 17.7. The quantitative estimate of drug-likeness (QED) is 0.811. The number of methoxy groups -OCH3 is 1. The lowest BCUT2D eigenvalue weighted by Gasteiger charge is -2.14. The second-order valence-corrected chi connectivity index (χ2v) is 6.16. The van der Waals surface area contributed by atoms with Gasteiger partial charge in [-0.05, 0) is 37.6 Å². The van der Waals surface area contributed by atoms with Crippen molar-refractivity contribution in [1.82, 2.24) is 4.90 Å². The highest BCUT2D eigenvalue weighted by molar-refractivity contribution is 6.21. The van der Waals surface area contributed by atoms with Crippen molar-refractivity contribution in [2.45, 2.75) is 19.8 Å². The number of hydrogen-bond acceptors (Lipinski definition) is 4. The second-order valence-electron chi connectivity index (χ2n) is 6.16. The molecule has 1 aliphatic rings. The number of carbonyl (C=O) groups excluding carboxylic acids is 3. The van der Waals surface area contributed by atoms with Gasteiger partial charge in [0.15, 0.2) is 0 Å². The molecule has 2 aromatic carbocycles. The van der Waals surface area contributed by atoms with E-state index in [9.17, 15) is 14.4 Å². The summed E-state index contributed by atoms with van der Waals surface area (Å²) in [6.07, 6.45) is 0.593. The number of para-hydroxylation sites is 2. The fourth-order valence-electron chi connectivity index (χ4n) is 2.97. The van der Waals surface area contributed by atoms with Gasteiger partial charge in [-0.2, -0.15) is 0 Å². The molecule has 0 fully saturated rings. The van der Waals surface area contributed by atoms with Crippen molar-refractivity contribution in [3.05, 3.63) is 59.2 Å². The van der Waals surface area contributed by atoms with Gasteiger partial charge >= 0.3 is 0 Å². The number of aryl methyl sites for hydroxylation is 1. The normalized spacial score (nSPS) is 12.9. The monoisotopic (exact) mass is 352 g/mol. The lowest BCUT2D eigenvalue weighted by atomic mass is 10.1. The third-order valence-corrected chi connectivity index (χ3v) is 4.29. The summed E-state index contributed by atoms with van der Waals surface area (Å²) in [5, 5.41) is 2.78. The van der Waals surface area contributed by atoms with Crippen LogP contribution in [-0.2, 0) is 4.79 Å². The molecular weight excluding hydrogens is 332 g/mol. The van der Waals surface area contributed by atoms with Crippen LogP contribution in [0.15, 0.2) is 42.5 Å². The van der Waals surface area contributed by atoms with Crippen LogP contribution in [0.4, 0.5) is 5.69 Å². The molecule has 0 unspecified atom stereocenters. The molecule has 134 valence electrons. The Kier molecular flexibility index (Phi) is 5.02. The lowest BCUT2D eigenvalue weighted by Crippen LogP contribution is -2.31. The third-order valence-electron chi connectivity index (χ3n) is 4.29. The maximum absolute atomic E-state index is 12.4. The molecule has 0 aromatic heterocycles. The topological polar surface area (TPSA) is 75.7 Å². The zero-order chi connectivity index (χ0) is 18.7. The Morgan fingerprint density at radius 1 is 1.08 bits per heavy atom. The largest absolute Gasteiger partial charge is 0.495 e. The van der Waals surface area contributed by atoms with E-state index in [1.165, 1.54) is 12.0 Å². The number of imide groups is 1. The second kappa shape index (κ2) is 7.39. The van der Waals surface area contributed by atoms with Gasteiger partial charge in [0.25, 0.3) is 11.8 Å². The van der Waals surface area contributed by atoms with E-state index in [2.05, 4.69) is 5.32 Å². The fourth-order valence-corrected chi connectivity index (χ4v) is 2.97. The van der Waals surface area contributed by atoms with Crippen molar-refractivity contribution in [1.29, 1.82) is 0 Å². The zero-order valence-corrected chi connectivity index (χ0v) is 14.7. The van der Waals surface area contributed by atoms with E-state index >= 15 is 0 Å². The van der Waals surface area contributed by atoms with Gasteiger partial charge in [0.1, 0.15) is 5.75 Å². The minimum absolute atomic E-state index is 0.193. The summed E-state index contributed by atoms with van der Waals surface area (Å²) in [4.78, 5) is 38.1. The molecule has 0 aliphatic carbocycles. The molecular formula is C20H20N2O4. The molecule has 1 N–H and O–H groups in total. The van der Waals surface area contributed by atoms with E-state index < -0.39 is 0 Å². The molecule has 1 aliphatic heterocycles. The van der Waals surface area contributed by atoms with E-state index in [0.29, 0.717) is 29.0 Å². The third kappa shape index (κ3) is 3.44. The Labute approximate surface area is 151 Å². The SMILES string of the molecule is COc1ccccc1NC(=O)CCCN1C(=O)c2ccc(C)cc2C1=O. The number of rotatable bonds is 6. The van der Waals surface area contributed by atoms with Crippen molar-refractivity contribution >= 4 is 23.4 Å². The number of benzene rings is 2. The Bertz CT molecular complexity index is 876. The van der Waals surface area contributed by atoms with Gasteiger partial charge in [-0.25, -0.2) is 0 Å². The van der Waals surface area contributed by atoms with Crippen LogP contribution in [0.3, 0.4) is 0 Å². The van der Waals surface area contributed by atoms with E-state index in [0.717, 1.165) is 5.56 Å². The molecule has 0 radical (unpaired) electrons. The van der Waals surface area contributed by atoms with E-state index in [1.807, 2.05) is 19.1 Å². The van der Waals surface area contributed by atoms with E-state index in [1.54, 1.807) is 30.3 Å². The zero-order valence-electron chi connectivity index (χ0n) is 14.7. The maximum atomic E-state index is 12.4. The Balaban J connectivity index is 1.56. The van der Waals surface area contributed by atoms with Crippen LogP contribution in [0.25, 0.3) is 0 Å². The van der Waals surface area contributed by atoms with Crippen molar-refractivity contribution < 1.29 is 19.1 Å². The van der Waals surface area contributed by atoms with Gasteiger partial charge in [-0.1, -0.05) is 23.8 Å². The van der Waals surface area contributed by atoms with Gasteiger partial charge in [0.2, 0.25) is 5.91 Å². The fraction of sp³-hybridized carbons (Fsp3) is 0.250. The molecule has 6 nitrogen and oxygen atoms in total. The first-order chi connectivity index (χ1) is 12.5. The number of nitrogens with zero attached hydrogens (tertiary/aromatic N) is 1. The number of anilines is 1. The van der Waals surface area contributed by atoms with Crippen LogP contribution in [0.2, 0.25) is 0 Å². The minimum Gasteiger partial charge on any atom is -0.495 e. The van der Waals surface area contributed by atoms with Crippen molar-refractivity contribution in [2.24, 2.45) is 0 Å². The summed E-state index contributed by atoms with van der Waals surface area (Å²) in [6.45, 7) is 2.09. The Morgan fingerprint density at radius 3 is 2.58 bits per heavy atom. The van der Waals surface area contributed by atoms with Crippen molar-refractivity contribution in [3.8, 4) is 5.75 Å². The summed E-state index contributed by atoms with van der Waals surface area (Å²) in [7, 11) is 1.54. The molecule has 3 rings (SSSR count). The summed E-state index contributed by atoms with van der Waals surface area (Å²) in [5.74, 6) is -0.201. The average molecular weight is 352 g/mol. The maximum Gasteiger partial charge on any atom is 0.261 e. The number of nitrogens with one attached hydrogen (secondary N) is 1. The van der Waals surface area contributed by atoms with E-state index in [4.69, 9.17) is 4.74 Å². The first-order valence-electron chi connectivity index (χ1n) is 8.41. The summed E-state index contributed by atoms with van der Waals surface area (Å²) in [6, 6.07) is 12.4. The number of hydrogen-bond donors (Lipinski definition) is 1. The Morgan fingerprint density at radius 2 is 1.81 bits per heavy atom. The number of carbonyl (C=O) groups is 3. The van der Waals surface area contributed by atoms with Gasteiger partial charge in [-0.3, -0.25) is 19.3 Å². The highest BCUT2D eigenvalue weighted by Gasteiger charge is 2.34. The molecule has 2 aromatic rings. The molecule has 0 saturated carbocycles. The predicted molar refractivity (Wildman–Crippen MR) is 97.4 cm³/mol. The van der Waals surface area contributed by atoms with Gasteiger partial charge < -0.3 is 10.1 Å². The average Bonchev–Trinajstić information content (AvgIpc) is 2.86. The van der Waals surface area contributed by atoms with Gasteiger partial charge in [-0.15, -0.1) is 0 Å². The van der Waals surface area contributed by atoms with E-state index in [-0.39, 0.29) is 30.7 Å². The van der Waals surface area contributed by atoms with Gasteiger partial charge in [0.05, 0.1) is 23.9 Å². The van der Waals surface area contributed by atoms with Crippen LogP contribution in [0, 0.1) is 6.92 Å². The van der Waals surface area contributed by atoms with Crippen LogP contribution in [-0.4, -0.2) is 36.3 Å². The standard InChI is InChI=1S/C20H20N2O4/c1-13-9-10-14-15(12-13)20(25)22(19(14)24)11-5-8-18(23)21-16-6-3-4-7-17(16)26-2/h3-4,6-7,9-10,12H,5,8,11H2,1-2H3,(H,21,23). The number of ether oxygens (including phenoxy) is 1. The molecule has 1 heterocycles. The highest BCUT2D eigenvalue weighted by atomic mass is 16.5. The molecule has 26 heavy (non-hydrogen) atoms.